The second-order valence-electron chi connectivity index (χ2n) is 2.06. The van der Waals surface area contributed by atoms with E-state index in [9.17, 15) is 4.79 Å². The molecule has 0 bridgehead atoms. The van der Waals surface area contributed by atoms with Gasteiger partial charge in [-0.2, -0.15) is 0 Å². The minimum absolute atomic E-state index is 0.183. The molecule has 2 aromatic rings. The molecule has 2 rings (SSSR count). The van der Waals surface area contributed by atoms with E-state index in [2.05, 4.69) is 16.5 Å². The van der Waals surface area contributed by atoms with Gasteiger partial charge in [0.25, 0.3) is 0 Å². The van der Waals surface area contributed by atoms with Gasteiger partial charge in [-0.05, 0) is 0 Å². The second-order valence-corrected chi connectivity index (χ2v) is 2.06. The van der Waals surface area contributed by atoms with Crippen LogP contribution in [0.15, 0.2) is 17.3 Å². The maximum absolute atomic E-state index is 10.9. The third-order valence-electron chi connectivity index (χ3n) is 1.42. The number of aromatic nitrogens is 3. The first-order valence-electron chi connectivity index (χ1n) is 2.82. The number of fused-ring (bicyclic) bond motifs is 1. The fourth-order valence-electron chi connectivity index (χ4n) is 0.933. The fourth-order valence-corrected chi connectivity index (χ4v) is 0.933. The van der Waals surface area contributed by atoms with E-state index in [0.717, 1.165) is 5.52 Å². The van der Waals surface area contributed by atoms with Crippen molar-refractivity contribution in [2.24, 2.45) is 0 Å². The molecule has 0 saturated carbocycles. The van der Waals surface area contributed by atoms with Crippen LogP contribution in [0.25, 0.3) is 12.1 Å². The molecule has 0 spiro atoms. The molecule has 0 aliphatic heterocycles. The van der Waals surface area contributed by atoms with Gasteiger partial charge in [0, 0.05) is 0 Å². The molecular weight excluding hydrogens is 130 g/mol. The number of nitrogens with one attached hydrogen (secondary N) is 1. The van der Waals surface area contributed by atoms with Gasteiger partial charge >= 0.3 is 5.69 Å². The van der Waals surface area contributed by atoms with Crippen LogP contribution >= 0.6 is 0 Å². The van der Waals surface area contributed by atoms with Crippen molar-refractivity contribution in [3.63, 3.8) is 0 Å². The average molecular weight is 135 g/mol. The molecule has 0 aliphatic carbocycles. The lowest BCUT2D eigenvalue weighted by Crippen LogP contribution is -2.09. The molecule has 2 aromatic heterocycles. The largest absolute Gasteiger partial charge is 0.331 e. The molecule has 4 heteroatoms. The number of hydrogen-bond donors (Lipinski definition) is 1. The van der Waals surface area contributed by atoms with Gasteiger partial charge in [0.15, 0.2) is 0 Å². The van der Waals surface area contributed by atoms with Crippen LogP contribution in [0.3, 0.4) is 0 Å². The molecule has 0 aromatic carbocycles. The topological polar surface area (TPSA) is 50.2 Å². The Hall–Kier alpha value is -1.58. The summed E-state index contributed by atoms with van der Waals surface area (Å²) in [7, 11) is 0. The van der Waals surface area contributed by atoms with Gasteiger partial charge in [-0.3, -0.25) is 0 Å². The zero-order valence-corrected chi connectivity index (χ0v) is 5.16. The minimum Gasteiger partial charge on any atom is -0.306 e. The summed E-state index contributed by atoms with van der Waals surface area (Å²) in [5.74, 6) is 0. The molecule has 0 unspecified atom stereocenters. The van der Waals surface area contributed by atoms with Gasteiger partial charge in [0.1, 0.15) is 6.33 Å². The summed E-state index contributed by atoms with van der Waals surface area (Å²) in [6.07, 6.45) is 3.06. The van der Waals surface area contributed by atoms with E-state index in [1.165, 1.54) is 10.7 Å². The first-order chi connectivity index (χ1) is 4.79. The molecule has 0 atom stereocenters. The maximum Gasteiger partial charge on any atom is 0.331 e. The fraction of sp³-hybridized carbons (Fsp3) is 0. The van der Waals surface area contributed by atoms with Crippen LogP contribution in [0.4, 0.5) is 0 Å². The molecule has 0 aliphatic rings. The quantitative estimate of drug-likeness (QED) is 0.511. The van der Waals surface area contributed by atoms with Crippen LogP contribution in [0, 0.1) is 0 Å². The minimum atomic E-state index is -0.183. The van der Waals surface area contributed by atoms with Crippen LogP contribution in [-0.2, 0) is 0 Å². The van der Waals surface area contributed by atoms with Crippen molar-refractivity contribution < 1.29 is 0 Å². The lowest BCUT2D eigenvalue weighted by molar-refractivity contribution is 1.05. The Morgan fingerprint density at radius 1 is 1.70 bits per heavy atom. The molecule has 0 saturated heterocycles. The van der Waals surface area contributed by atoms with E-state index in [4.69, 9.17) is 0 Å². The normalized spacial score (nSPS) is 10.8. The third-order valence-corrected chi connectivity index (χ3v) is 1.42. The zero-order chi connectivity index (χ0) is 7.14. The van der Waals surface area contributed by atoms with Gasteiger partial charge in [-0.1, -0.05) is 6.58 Å². The van der Waals surface area contributed by atoms with Crippen molar-refractivity contribution in [3.05, 3.63) is 28.4 Å². The van der Waals surface area contributed by atoms with E-state index in [-0.39, 0.29) is 5.69 Å². The van der Waals surface area contributed by atoms with Gasteiger partial charge in [-0.25, -0.2) is 14.2 Å². The molecule has 10 heavy (non-hydrogen) atoms. The van der Waals surface area contributed by atoms with Gasteiger partial charge < -0.3 is 4.98 Å². The molecule has 2 heterocycles. The highest BCUT2D eigenvalue weighted by molar-refractivity contribution is 5.44. The molecule has 0 radical (unpaired) electrons. The van der Waals surface area contributed by atoms with E-state index in [1.54, 1.807) is 6.20 Å². The second kappa shape index (κ2) is 1.47. The molecule has 4 nitrogen and oxygen atoms in total. The first-order valence-corrected chi connectivity index (χ1v) is 2.82. The van der Waals surface area contributed by atoms with Crippen molar-refractivity contribution in [1.29, 1.82) is 0 Å². The predicted octanol–water partition coefficient (Wildman–Crippen LogP) is -0.848. The summed E-state index contributed by atoms with van der Waals surface area (Å²) < 4.78 is 1.42. The summed E-state index contributed by atoms with van der Waals surface area (Å²) in [5.41, 5.74) is 0.558. The van der Waals surface area contributed by atoms with E-state index < -0.39 is 0 Å². The van der Waals surface area contributed by atoms with E-state index in [1.807, 2.05) is 0 Å². The zero-order valence-electron chi connectivity index (χ0n) is 5.16. The van der Waals surface area contributed by atoms with Crippen LogP contribution in [0.1, 0.15) is 0 Å². The number of H-pyrrole nitrogens is 1. The maximum atomic E-state index is 10.9. The van der Waals surface area contributed by atoms with Gasteiger partial charge in [0.2, 0.25) is 0 Å². The predicted molar refractivity (Wildman–Crippen MR) is 36.6 cm³/mol. The van der Waals surface area contributed by atoms with Crippen LogP contribution in [-0.4, -0.2) is 14.4 Å². The summed E-state index contributed by atoms with van der Waals surface area (Å²) in [6.45, 7) is 3.63. The van der Waals surface area contributed by atoms with Gasteiger partial charge in [0.05, 0.1) is 17.1 Å². The van der Waals surface area contributed by atoms with Gasteiger partial charge in [-0.15, -0.1) is 0 Å². The Morgan fingerprint density at radius 3 is 3.20 bits per heavy atom. The summed E-state index contributed by atoms with van der Waals surface area (Å²) >= 11 is 0. The van der Waals surface area contributed by atoms with Crippen LogP contribution < -0.4 is 11.0 Å². The van der Waals surface area contributed by atoms with Crippen molar-refractivity contribution in [2.75, 3.05) is 0 Å². The average Bonchev–Trinajstić information content (AvgIpc) is 2.39. The number of aromatic amines is 1. The monoisotopic (exact) mass is 135 g/mol. The Morgan fingerprint density at radius 2 is 2.50 bits per heavy atom. The van der Waals surface area contributed by atoms with Crippen molar-refractivity contribution in [2.45, 2.75) is 0 Å². The van der Waals surface area contributed by atoms with Crippen molar-refractivity contribution in [1.82, 2.24) is 14.4 Å². The van der Waals surface area contributed by atoms with E-state index >= 15 is 0 Å². The lowest BCUT2D eigenvalue weighted by Gasteiger charge is -1.71. The van der Waals surface area contributed by atoms with Crippen LogP contribution in [0.2, 0.25) is 0 Å². The third kappa shape index (κ3) is 0.452. The number of hydrogen-bond acceptors (Lipinski definition) is 2. The summed E-state index contributed by atoms with van der Waals surface area (Å²) in [4.78, 5) is 17.2. The highest BCUT2D eigenvalue weighted by atomic mass is 16.1. The summed E-state index contributed by atoms with van der Waals surface area (Å²) in [5, 5.41) is 0.613. The van der Waals surface area contributed by atoms with E-state index in [0.29, 0.717) is 5.35 Å². The Labute approximate surface area is 55.8 Å². The SMILES string of the molecule is C=c1[nH]c(=O)n2cncc12. The van der Waals surface area contributed by atoms with Crippen molar-refractivity contribution >= 4 is 12.1 Å². The Balaban J connectivity index is 3.28. The highest BCUT2D eigenvalue weighted by Crippen LogP contribution is 1.85. The van der Waals surface area contributed by atoms with Crippen molar-refractivity contribution in [3.8, 4) is 0 Å². The highest BCUT2D eigenvalue weighted by Gasteiger charge is 1.97. The number of imidazole rings is 2. The Bertz CT molecular complexity index is 413. The molecule has 1 N–H and O–H groups in total. The number of rotatable bonds is 0. The number of nitrogens with zero attached hydrogens (tertiary/aromatic N) is 2. The van der Waals surface area contributed by atoms with Crippen LogP contribution in [0.5, 0.6) is 0 Å². The Kier molecular flexibility index (Phi) is 0.768. The smallest absolute Gasteiger partial charge is 0.306 e. The molecular formula is C6H5N3O. The molecule has 50 valence electrons. The first kappa shape index (κ1) is 5.22. The molecule has 0 fully saturated rings. The molecule has 0 amide bonds. The lowest BCUT2D eigenvalue weighted by atomic mass is 10.6. The summed E-state index contributed by atoms with van der Waals surface area (Å²) in [6, 6.07) is 0. The standard InChI is InChI=1S/C6H5N3O/c1-4-5-2-7-3-9(5)6(10)8-4/h2-3H,1H2,(H,8,10).